The molecular weight excluding hydrogens is 416 g/mol. The molecule has 7 heteroatoms. The van der Waals surface area contributed by atoms with Gasteiger partial charge in [-0.05, 0) is 72.1 Å². The summed E-state index contributed by atoms with van der Waals surface area (Å²) < 4.78 is 10.7. The van der Waals surface area contributed by atoms with E-state index in [0.717, 1.165) is 12.0 Å². The molecule has 1 N–H and O–H groups in total. The molecule has 3 aromatic carbocycles. The highest BCUT2D eigenvalue weighted by atomic mass is 35.5. The molecule has 0 saturated heterocycles. The summed E-state index contributed by atoms with van der Waals surface area (Å²) in [6, 6.07) is 20.8. The van der Waals surface area contributed by atoms with Crippen LogP contribution in [0.5, 0.6) is 11.5 Å². The molecule has 1 amide bonds. The van der Waals surface area contributed by atoms with Gasteiger partial charge in [-0.25, -0.2) is 10.2 Å². The third-order valence-electron chi connectivity index (χ3n) is 4.26. The number of carbonyl (C=O) groups is 2. The Morgan fingerprint density at radius 3 is 2.39 bits per heavy atom. The van der Waals surface area contributed by atoms with Crippen LogP contribution in [0, 0.1) is 0 Å². The fourth-order valence-electron chi connectivity index (χ4n) is 2.58. The Morgan fingerprint density at radius 1 is 1.00 bits per heavy atom. The van der Waals surface area contributed by atoms with Crippen LogP contribution < -0.4 is 14.9 Å². The quantitative estimate of drug-likeness (QED) is 0.241. The van der Waals surface area contributed by atoms with Crippen LogP contribution in [-0.4, -0.2) is 24.7 Å². The average molecular weight is 437 g/mol. The van der Waals surface area contributed by atoms with Gasteiger partial charge in [-0.2, -0.15) is 5.10 Å². The number of esters is 1. The minimum absolute atomic E-state index is 0.138. The Kier molecular flexibility index (Phi) is 7.79. The third-order valence-corrected chi connectivity index (χ3v) is 4.49. The molecule has 0 saturated carbocycles. The molecule has 0 heterocycles. The maximum absolute atomic E-state index is 12.1. The molecule has 0 unspecified atom stereocenters. The highest BCUT2D eigenvalue weighted by molar-refractivity contribution is 6.30. The number of carbonyl (C=O) groups excluding carboxylic acids is 2. The molecule has 6 nitrogen and oxygen atoms in total. The number of nitrogens with one attached hydrogen (secondary N) is 1. The summed E-state index contributed by atoms with van der Waals surface area (Å²) >= 11 is 5.89. The van der Waals surface area contributed by atoms with E-state index in [2.05, 4.69) is 17.5 Å². The first kappa shape index (κ1) is 22.1. The van der Waals surface area contributed by atoms with Gasteiger partial charge in [0.05, 0.1) is 11.8 Å². The van der Waals surface area contributed by atoms with Crippen molar-refractivity contribution >= 4 is 29.7 Å². The first-order valence-electron chi connectivity index (χ1n) is 9.65. The van der Waals surface area contributed by atoms with Crippen LogP contribution in [0.2, 0.25) is 5.02 Å². The van der Waals surface area contributed by atoms with Crippen LogP contribution in [0.1, 0.15) is 28.4 Å². The van der Waals surface area contributed by atoms with Gasteiger partial charge in [0.1, 0.15) is 11.5 Å². The second-order valence-electron chi connectivity index (χ2n) is 6.55. The van der Waals surface area contributed by atoms with E-state index in [0.29, 0.717) is 22.1 Å². The van der Waals surface area contributed by atoms with Crippen molar-refractivity contribution in [2.75, 3.05) is 6.61 Å². The zero-order valence-electron chi connectivity index (χ0n) is 16.9. The van der Waals surface area contributed by atoms with Crippen molar-refractivity contribution in [3.05, 3.63) is 94.5 Å². The number of hydrogen-bond donors (Lipinski definition) is 1. The van der Waals surface area contributed by atoms with E-state index >= 15 is 0 Å². The van der Waals surface area contributed by atoms with Crippen LogP contribution in [0.3, 0.4) is 0 Å². The largest absolute Gasteiger partial charge is 0.484 e. The van der Waals surface area contributed by atoms with Gasteiger partial charge >= 0.3 is 5.97 Å². The first-order valence-corrected chi connectivity index (χ1v) is 10.0. The second kappa shape index (κ2) is 10.9. The number of benzene rings is 3. The molecule has 31 heavy (non-hydrogen) atoms. The van der Waals surface area contributed by atoms with Crippen molar-refractivity contribution in [2.45, 2.75) is 13.3 Å². The molecule has 0 spiro atoms. The highest BCUT2D eigenvalue weighted by Gasteiger charge is 2.09. The predicted molar refractivity (Wildman–Crippen MR) is 120 cm³/mol. The summed E-state index contributed by atoms with van der Waals surface area (Å²) in [5.74, 6) is 0.135. The van der Waals surface area contributed by atoms with Crippen molar-refractivity contribution in [3.8, 4) is 11.5 Å². The predicted octanol–water partition coefficient (Wildman–Crippen LogP) is 4.65. The van der Waals surface area contributed by atoms with E-state index in [1.165, 1.54) is 17.8 Å². The molecule has 0 aliphatic carbocycles. The number of hydrazone groups is 1. The lowest BCUT2D eigenvalue weighted by Gasteiger charge is -2.06. The monoisotopic (exact) mass is 436 g/mol. The molecule has 3 aromatic rings. The first-order chi connectivity index (χ1) is 15.0. The summed E-state index contributed by atoms with van der Waals surface area (Å²) in [7, 11) is 0. The van der Waals surface area contributed by atoms with Crippen molar-refractivity contribution in [1.29, 1.82) is 0 Å². The number of halogens is 1. The number of rotatable bonds is 8. The second-order valence-corrected chi connectivity index (χ2v) is 6.98. The van der Waals surface area contributed by atoms with Crippen LogP contribution in [-0.2, 0) is 11.2 Å². The van der Waals surface area contributed by atoms with Gasteiger partial charge < -0.3 is 9.47 Å². The topological polar surface area (TPSA) is 77.0 Å². The third kappa shape index (κ3) is 6.97. The lowest BCUT2D eigenvalue weighted by atomic mass is 10.2. The Morgan fingerprint density at radius 2 is 1.71 bits per heavy atom. The molecule has 0 radical (unpaired) electrons. The van der Waals surface area contributed by atoms with E-state index in [-0.39, 0.29) is 12.5 Å². The fraction of sp³-hybridized carbons (Fsp3) is 0.125. The van der Waals surface area contributed by atoms with Crippen LogP contribution in [0.25, 0.3) is 0 Å². The number of aryl methyl sites for hydroxylation is 1. The molecule has 0 aliphatic heterocycles. The number of nitrogens with zero attached hydrogens (tertiary/aromatic N) is 1. The highest BCUT2D eigenvalue weighted by Crippen LogP contribution is 2.16. The molecule has 0 bridgehead atoms. The van der Waals surface area contributed by atoms with Gasteiger partial charge in [-0.1, -0.05) is 36.7 Å². The van der Waals surface area contributed by atoms with E-state index in [4.69, 9.17) is 21.1 Å². The Bertz CT molecular complexity index is 1060. The van der Waals surface area contributed by atoms with Crippen LogP contribution in [0.4, 0.5) is 0 Å². The van der Waals surface area contributed by atoms with Crippen LogP contribution >= 0.6 is 11.6 Å². The maximum Gasteiger partial charge on any atom is 0.343 e. The van der Waals surface area contributed by atoms with E-state index in [1.54, 1.807) is 42.5 Å². The summed E-state index contributed by atoms with van der Waals surface area (Å²) in [6.07, 6.45) is 2.43. The number of hydrogen-bond acceptors (Lipinski definition) is 5. The van der Waals surface area contributed by atoms with Gasteiger partial charge in [0, 0.05) is 5.02 Å². The average Bonchev–Trinajstić information content (AvgIpc) is 2.79. The van der Waals surface area contributed by atoms with Crippen molar-refractivity contribution in [1.82, 2.24) is 5.43 Å². The zero-order valence-corrected chi connectivity index (χ0v) is 17.6. The SMILES string of the molecule is CCc1ccc(OCC(=O)N/N=C/c2ccc(OC(=O)c3cccc(Cl)c3)cc2)cc1. The summed E-state index contributed by atoms with van der Waals surface area (Å²) in [5, 5.41) is 4.36. The minimum atomic E-state index is -0.500. The lowest BCUT2D eigenvalue weighted by Crippen LogP contribution is -2.24. The molecule has 0 fully saturated rings. The Hall–Kier alpha value is -3.64. The minimum Gasteiger partial charge on any atom is -0.484 e. The number of amides is 1. The smallest absolute Gasteiger partial charge is 0.343 e. The fourth-order valence-corrected chi connectivity index (χ4v) is 2.77. The normalized spacial score (nSPS) is 10.6. The van der Waals surface area contributed by atoms with Crippen molar-refractivity contribution in [2.24, 2.45) is 5.10 Å². The van der Waals surface area contributed by atoms with Crippen molar-refractivity contribution in [3.63, 3.8) is 0 Å². The standard InChI is InChI=1S/C24H21ClN2O4/c1-2-17-6-10-21(11-7-17)30-16-23(28)27-26-15-18-8-12-22(13-9-18)31-24(29)19-4-3-5-20(25)14-19/h3-15H,2,16H2,1H3,(H,27,28)/b26-15+. The molecule has 0 aromatic heterocycles. The lowest BCUT2D eigenvalue weighted by molar-refractivity contribution is -0.123. The molecule has 0 aliphatic rings. The van der Waals surface area contributed by atoms with Crippen LogP contribution in [0.15, 0.2) is 77.9 Å². The van der Waals surface area contributed by atoms with Gasteiger partial charge in [-0.3, -0.25) is 4.79 Å². The van der Waals surface area contributed by atoms with E-state index < -0.39 is 5.97 Å². The summed E-state index contributed by atoms with van der Waals surface area (Å²) in [5.41, 5.74) is 4.69. The molecule has 0 atom stereocenters. The van der Waals surface area contributed by atoms with Gasteiger partial charge in [-0.15, -0.1) is 0 Å². The van der Waals surface area contributed by atoms with Gasteiger partial charge in [0.15, 0.2) is 6.61 Å². The molecular formula is C24H21ClN2O4. The zero-order chi connectivity index (χ0) is 22.1. The number of ether oxygens (including phenoxy) is 2. The Labute approximate surface area is 185 Å². The van der Waals surface area contributed by atoms with E-state index in [1.807, 2.05) is 24.3 Å². The van der Waals surface area contributed by atoms with E-state index in [9.17, 15) is 9.59 Å². The summed E-state index contributed by atoms with van der Waals surface area (Å²) in [4.78, 5) is 24.0. The van der Waals surface area contributed by atoms with Gasteiger partial charge in [0.25, 0.3) is 5.91 Å². The molecule has 3 rings (SSSR count). The van der Waals surface area contributed by atoms with Gasteiger partial charge in [0.2, 0.25) is 0 Å². The Balaban J connectivity index is 1.45. The maximum atomic E-state index is 12.1. The molecule has 158 valence electrons. The van der Waals surface area contributed by atoms with Crippen molar-refractivity contribution < 1.29 is 19.1 Å². The summed E-state index contributed by atoms with van der Waals surface area (Å²) in [6.45, 7) is 1.93.